The van der Waals surface area contributed by atoms with Crippen LogP contribution in [0.5, 0.6) is 0 Å². The molecule has 1 aliphatic rings. The van der Waals surface area contributed by atoms with Crippen molar-refractivity contribution in [2.75, 3.05) is 23.3 Å². The number of nitrogens with one attached hydrogen (secondary N) is 1. The van der Waals surface area contributed by atoms with Crippen LogP contribution in [0.4, 0.5) is 34.4 Å². The molecule has 3 amide bonds. The largest absolute Gasteiger partial charge is 0.444 e. The lowest BCUT2D eigenvalue weighted by atomic mass is 10.1. The second kappa shape index (κ2) is 14.2. The van der Waals surface area contributed by atoms with E-state index in [0.29, 0.717) is 23.6 Å². The molecule has 0 radical (unpaired) electrons. The summed E-state index contributed by atoms with van der Waals surface area (Å²) in [5.41, 5.74) is -2.62. The Morgan fingerprint density at radius 2 is 1.46 bits per heavy atom. The number of morpholine rings is 1. The predicted molar refractivity (Wildman–Crippen MR) is 172 cm³/mol. The van der Waals surface area contributed by atoms with Gasteiger partial charge in [0.25, 0.3) is 5.91 Å². The van der Waals surface area contributed by atoms with Crippen LogP contribution in [-0.2, 0) is 20.8 Å². The fourth-order valence-electron chi connectivity index (χ4n) is 4.94. The maximum atomic E-state index is 14.9. The average Bonchev–Trinajstić information content (AvgIpc) is 2.94. The number of carbonyl (C=O) groups is 3. The predicted octanol–water partition coefficient (Wildman–Crippen LogP) is 7.10. The van der Waals surface area contributed by atoms with Crippen molar-refractivity contribution in [2.24, 2.45) is 0 Å². The van der Waals surface area contributed by atoms with Gasteiger partial charge in [-0.1, -0.05) is 6.07 Å². The zero-order chi connectivity index (χ0) is 35.6. The fraction of sp³-hybridized carbons (Fsp3) is 0.441. The molecule has 0 spiro atoms. The van der Waals surface area contributed by atoms with Gasteiger partial charge in [-0.3, -0.25) is 10.1 Å². The van der Waals surface area contributed by atoms with E-state index >= 15 is 0 Å². The number of carbonyl (C=O) groups excluding carboxylic acids is 3. The number of halogens is 3. The summed E-state index contributed by atoms with van der Waals surface area (Å²) in [5, 5.41) is 2.45. The van der Waals surface area contributed by atoms with Crippen molar-refractivity contribution < 1.29 is 41.8 Å². The van der Waals surface area contributed by atoms with Crippen LogP contribution < -0.4 is 10.2 Å². The first-order valence-corrected chi connectivity index (χ1v) is 15.4. The van der Waals surface area contributed by atoms with Crippen LogP contribution in [0.2, 0.25) is 0 Å². The summed E-state index contributed by atoms with van der Waals surface area (Å²) in [5.74, 6) is -3.95. The zero-order valence-corrected chi connectivity index (χ0v) is 28.2. The van der Waals surface area contributed by atoms with E-state index in [1.165, 1.54) is 24.3 Å². The monoisotopic (exact) mass is 671 g/mol. The first-order valence-electron chi connectivity index (χ1n) is 15.4. The fourth-order valence-corrected chi connectivity index (χ4v) is 4.94. The number of amides is 3. The van der Waals surface area contributed by atoms with E-state index < -0.39 is 70.4 Å². The van der Waals surface area contributed by atoms with Gasteiger partial charge in [0.15, 0.2) is 17.3 Å². The number of imide groups is 1. The first kappa shape index (κ1) is 36.1. The van der Waals surface area contributed by atoms with Gasteiger partial charge in [0.05, 0.1) is 18.8 Å². The third-order valence-corrected chi connectivity index (χ3v) is 6.77. The minimum absolute atomic E-state index is 0.155. The van der Waals surface area contributed by atoms with E-state index in [2.05, 4.69) is 15.3 Å². The smallest absolute Gasteiger partial charge is 0.417 e. The number of benzene rings is 2. The molecule has 3 aromatic rings. The second-order valence-electron chi connectivity index (χ2n) is 13.5. The summed E-state index contributed by atoms with van der Waals surface area (Å²) >= 11 is 0. The lowest BCUT2D eigenvalue weighted by molar-refractivity contribution is -0.00544. The SMILES string of the molecule is CC1CN(c2nc(C(=O)N(Cc3c(F)cccc3F)C(=O)OC(C)(C)C)c(NC(=O)OC(C)(C)C)nc2-c2ccc(F)cc2)CC(C)O1. The Balaban J connectivity index is 1.96. The van der Waals surface area contributed by atoms with Gasteiger partial charge in [0.2, 0.25) is 0 Å². The van der Waals surface area contributed by atoms with E-state index in [4.69, 9.17) is 14.2 Å². The minimum atomic E-state index is -1.22. The Labute approximate surface area is 277 Å². The molecule has 1 aliphatic heterocycles. The molecule has 48 heavy (non-hydrogen) atoms. The normalized spacial score (nSPS) is 16.7. The maximum Gasteiger partial charge on any atom is 0.417 e. The van der Waals surface area contributed by atoms with E-state index in [9.17, 15) is 27.6 Å². The summed E-state index contributed by atoms with van der Waals surface area (Å²) in [6, 6.07) is 8.49. The van der Waals surface area contributed by atoms with Crippen LogP contribution in [0.1, 0.15) is 71.4 Å². The van der Waals surface area contributed by atoms with E-state index in [-0.39, 0.29) is 23.7 Å². The number of ether oxygens (including phenoxy) is 3. The van der Waals surface area contributed by atoms with Crippen molar-refractivity contribution in [3.05, 3.63) is 71.2 Å². The third kappa shape index (κ3) is 9.21. The summed E-state index contributed by atoms with van der Waals surface area (Å²) in [6.07, 6.45) is -2.76. The molecule has 0 bridgehead atoms. The third-order valence-electron chi connectivity index (χ3n) is 6.77. The van der Waals surface area contributed by atoms with Crippen molar-refractivity contribution in [1.29, 1.82) is 0 Å². The van der Waals surface area contributed by atoms with Crippen LogP contribution >= 0.6 is 0 Å². The number of hydrogen-bond acceptors (Lipinski definition) is 9. The Morgan fingerprint density at radius 3 is 2.00 bits per heavy atom. The van der Waals surface area contributed by atoms with Gasteiger partial charge in [-0.25, -0.2) is 37.6 Å². The van der Waals surface area contributed by atoms with Crippen molar-refractivity contribution in [2.45, 2.75) is 85.3 Å². The van der Waals surface area contributed by atoms with Crippen LogP contribution in [-0.4, -0.2) is 69.5 Å². The standard InChI is InChI=1S/C34H40F3N5O6/c1-19-16-41(17-20(2)46-19)29-26(21-12-14-22(35)15-13-21)38-28(40-31(44)47-33(3,4)5)27(39-29)30(43)42(32(45)48-34(6,7)8)18-23-24(36)10-9-11-25(23)37/h9-15,19-20H,16-18H2,1-8H3,(H,38,40,44). The Kier molecular flexibility index (Phi) is 10.7. The van der Waals surface area contributed by atoms with Crippen molar-refractivity contribution in [1.82, 2.24) is 14.9 Å². The molecule has 1 aromatic heterocycles. The van der Waals surface area contributed by atoms with Gasteiger partial charge < -0.3 is 19.1 Å². The van der Waals surface area contributed by atoms with Gasteiger partial charge >= 0.3 is 12.2 Å². The molecule has 2 aromatic carbocycles. The highest BCUT2D eigenvalue weighted by Gasteiger charge is 2.36. The van der Waals surface area contributed by atoms with E-state index in [1.807, 2.05) is 18.7 Å². The minimum Gasteiger partial charge on any atom is -0.444 e. The lowest BCUT2D eigenvalue weighted by Gasteiger charge is -2.37. The van der Waals surface area contributed by atoms with Crippen LogP contribution in [0.25, 0.3) is 11.3 Å². The summed E-state index contributed by atoms with van der Waals surface area (Å²) < 4.78 is 60.4. The molecular formula is C34H40F3N5O6. The molecule has 258 valence electrons. The first-order chi connectivity index (χ1) is 22.3. The Hall–Kier alpha value is -4.72. The van der Waals surface area contributed by atoms with Gasteiger partial charge in [0, 0.05) is 24.2 Å². The van der Waals surface area contributed by atoms with Gasteiger partial charge in [-0.2, -0.15) is 0 Å². The summed E-state index contributed by atoms with van der Waals surface area (Å²) in [6.45, 7) is 13.0. The number of aromatic nitrogens is 2. The zero-order valence-electron chi connectivity index (χ0n) is 28.2. The number of rotatable bonds is 6. The highest BCUT2D eigenvalue weighted by molar-refractivity contribution is 6.06. The number of hydrogen-bond donors (Lipinski definition) is 1. The number of nitrogens with zero attached hydrogens (tertiary/aromatic N) is 4. The highest BCUT2D eigenvalue weighted by Crippen LogP contribution is 2.34. The van der Waals surface area contributed by atoms with Gasteiger partial charge in [-0.05, 0) is 91.8 Å². The van der Waals surface area contributed by atoms with E-state index in [0.717, 1.165) is 18.2 Å². The van der Waals surface area contributed by atoms with Crippen LogP contribution in [0, 0.1) is 17.5 Å². The molecule has 14 heteroatoms. The molecule has 1 fully saturated rings. The molecule has 11 nitrogen and oxygen atoms in total. The topological polar surface area (TPSA) is 123 Å². The molecule has 0 aliphatic carbocycles. The highest BCUT2D eigenvalue weighted by atomic mass is 19.1. The number of anilines is 2. The molecule has 1 saturated heterocycles. The maximum absolute atomic E-state index is 14.9. The Bertz CT molecular complexity index is 1640. The van der Waals surface area contributed by atoms with Gasteiger partial charge in [-0.15, -0.1) is 0 Å². The average molecular weight is 672 g/mol. The van der Waals surface area contributed by atoms with Crippen LogP contribution in [0.3, 0.4) is 0 Å². The molecule has 4 rings (SSSR count). The summed E-state index contributed by atoms with van der Waals surface area (Å²) in [4.78, 5) is 52.6. The molecule has 2 heterocycles. The summed E-state index contributed by atoms with van der Waals surface area (Å²) in [7, 11) is 0. The van der Waals surface area contributed by atoms with Crippen molar-refractivity contribution in [3.63, 3.8) is 0 Å². The molecular weight excluding hydrogens is 631 g/mol. The second-order valence-corrected chi connectivity index (χ2v) is 13.5. The van der Waals surface area contributed by atoms with E-state index in [1.54, 1.807) is 41.5 Å². The molecule has 2 unspecified atom stereocenters. The molecule has 2 atom stereocenters. The molecule has 1 N–H and O–H groups in total. The quantitative estimate of drug-likeness (QED) is 0.292. The Morgan fingerprint density at radius 1 is 0.896 bits per heavy atom. The lowest BCUT2D eigenvalue weighted by Crippen LogP contribution is -2.46. The van der Waals surface area contributed by atoms with Crippen molar-refractivity contribution >= 4 is 29.7 Å². The van der Waals surface area contributed by atoms with Crippen LogP contribution in [0.15, 0.2) is 42.5 Å². The molecule has 0 saturated carbocycles. The van der Waals surface area contributed by atoms with Gasteiger partial charge in [0.1, 0.15) is 34.3 Å². The van der Waals surface area contributed by atoms with Crippen molar-refractivity contribution in [3.8, 4) is 11.3 Å².